The third-order valence-corrected chi connectivity index (χ3v) is 20.5. The van der Waals surface area contributed by atoms with Crippen LogP contribution in [0.2, 0.25) is 0 Å². The van der Waals surface area contributed by atoms with Gasteiger partial charge < -0.3 is 89.9 Å². The summed E-state index contributed by atoms with van der Waals surface area (Å²) in [5.74, 6) is -0.278. The number of hydrogen-bond donors (Lipinski definition) is 12. The summed E-state index contributed by atoms with van der Waals surface area (Å²) in [7, 11) is 0. The monoisotopic (exact) mass is 1400 g/mol. The SMILES string of the molecule is CCCCCCCCCCCC/C=C/CC/C=C/C(O)C(COC1OC(CO)C(OC2OC(CO)C(OC3OC(CO)C(O)C(O)C3O)C(O)C2O)C(O)C1O)NC(=O)CCCCCCCCCCCCCCCCCCCCCCCCCCCCCCCCCCCCCCC. The van der Waals surface area contributed by atoms with Gasteiger partial charge in [-0.25, -0.2) is 0 Å². The first-order chi connectivity index (χ1) is 47.8. The van der Waals surface area contributed by atoms with E-state index in [1.54, 1.807) is 6.08 Å². The Hall–Kier alpha value is -1.73. The molecule has 3 aliphatic rings. The Labute approximate surface area is 594 Å². The van der Waals surface area contributed by atoms with Crippen molar-refractivity contribution in [3.8, 4) is 0 Å². The lowest BCUT2D eigenvalue weighted by Gasteiger charge is -2.48. The number of carbonyl (C=O) groups excluding carboxylic acids is 1. The lowest BCUT2D eigenvalue weighted by molar-refractivity contribution is -0.379. The number of rotatable bonds is 65. The van der Waals surface area contributed by atoms with E-state index in [0.29, 0.717) is 12.8 Å². The molecule has 3 aliphatic heterocycles. The van der Waals surface area contributed by atoms with E-state index in [2.05, 4.69) is 31.3 Å². The third-order valence-electron chi connectivity index (χ3n) is 20.5. The maximum absolute atomic E-state index is 13.4. The van der Waals surface area contributed by atoms with Crippen LogP contribution >= 0.6 is 0 Å². The Morgan fingerprint density at radius 3 is 1.02 bits per heavy atom. The second-order valence-electron chi connectivity index (χ2n) is 29.2. The average Bonchev–Trinajstić information content (AvgIpc) is 0.785. The maximum atomic E-state index is 13.4. The Bertz CT molecular complexity index is 1870. The van der Waals surface area contributed by atoms with Crippen LogP contribution in [0, 0.1) is 0 Å². The number of carbonyl (C=O) groups is 1. The lowest BCUT2D eigenvalue weighted by Crippen LogP contribution is -2.66. The number of unbranched alkanes of at least 4 members (excludes halogenated alkanes) is 47. The van der Waals surface area contributed by atoms with Gasteiger partial charge in [0.2, 0.25) is 5.91 Å². The third kappa shape index (κ3) is 40.5. The van der Waals surface area contributed by atoms with Gasteiger partial charge in [0.15, 0.2) is 18.9 Å². The molecule has 0 aliphatic carbocycles. The Morgan fingerprint density at radius 2 is 0.653 bits per heavy atom. The van der Waals surface area contributed by atoms with Crippen LogP contribution in [0.5, 0.6) is 0 Å². The Kier molecular flexibility index (Phi) is 55.9. The highest BCUT2D eigenvalue weighted by Gasteiger charge is 2.54. The largest absolute Gasteiger partial charge is 0.394 e. The Morgan fingerprint density at radius 1 is 0.357 bits per heavy atom. The molecule has 17 atom stereocenters. The van der Waals surface area contributed by atoms with Crippen LogP contribution in [0.1, 0.15) is 341 Å². The molecule has 3 saturated heterocycles. The fourth-order valence-corrected chi connectivity index (χ4v) is 14.0. The molecule has 0 aromatic rings. The van der Waals surface area contributed by atoms with E-state index in [9.17, 15) is 61.0 Å². The molecule has 0 radical (unpaired) electrons. The van der Waals surface area contributed by atoms with E-state index in [4.69, 9.17) is 28.4 Å². The molecule has 19 heteroatoms. The van der Waals surface area contributed by atoms with Gasteiger partial charge in [0.05, 0.1) is 38.6 Å². The molecule has 0 aromatic heterocycles. The average molecular weight is 1400 g/mol. The van der Waals surface area contributed by atoms with Crippen molar-refractivity contribution in [2.75, 3.05) is 26.4 Å². The normalized spacial score (nSPS) is 26.8. The van der Waals surface area contributed by atoms with Gasteiger partial charge in [-0.2, -0.15) is 0 Å². The van der Waals surface area contributed by atoms with Gasteiger partial charge in [-0.1, -0.05) is 327 Å². The first-order valence-electron chi connectivity index (χ1n) is 40.6. The van der Waals surface area contributed by atoms with Crippen LogP contribution in [0.25, 0.3) is 0 Å². The number of amides is 1. The maximum Gasteiger partial charge on any atom is 0.220 e. The summed E-state index contributed by atoms with van der Waals surface area (Å²) in [4.78, 5) is 13.4. The van der Waals surface area contributed by atoms with Crippen molar-refractivity contribution in [1.82, 2.24) is 5.32 Å². The topological polar surface area (TPSA) is 307 Å². The van der Waals surface area contributed by atoms with Crippen molar-refractivity contribution in [2.45, 2.75) is 446 Å². The summed E-state index contributed by atoms with van der Waals surface area (Å²) in [5.41, 5.74) is 0. The summed E-state index contributed by atoms with van der Waals surface area (Å²) < 4.78 is 34.4. The van der Waals surface area contributed by atoms with Crippen molar-refractivity contribution in [2.24, 2.45) is 0 Å². The smallest absolute Gasteiger partial charge is 0.220 e. The number of aliphatic hydroxyl groups is 11. The van der Waals surface area contributed by atoms with E-state index in [-0.39, 0.29) is 18.9 Å². The number of nitrogens with one attached hydrogen (secondary N) is 1. The zero-order valence-corrected chi connectivity index (χ0v) is 61.8. The van der Waals surface area contributed by atoms with Crippen LogP contribution in [0.15, 0.2) is 24.3 Å². The van der Waals surface area contributed by atoms with E-state index < -0.39 is 124 Å². The lowest BCUT2D eigenvalue weighted by atomic mass is 9.96. The molecule has 0 spiro atoms. The molecule has 12 N–H and O–H groups in total. The van der Waals surface area contributed by atoms with Gasteiger partial charge in [-0.15, -0.1) is 0 Å². The molecule has 3 rings (SSSR count). The van der Waals surface area contributed by atoms with E-state index in [1.165, 1.54) is 270 Å². The molecule has 19 nitrogen and oxygen atoms in total. The van der Waals surface area contributed by atoms with Crippen molar-refractivity contribution in [1.29, 1.82) is 0 Å². The molecule has 0 bridgehead atoms. The molecular formula is C79H149NO18. The molecular weight excluding hydrogens is 1250 g/mol. The van der Waals surface area contributed by atoms with Crippen LogP contribution in [-0.4, -0.2) is 193 Å². The first-order valence-corrected chi connectivity index (χ1v) is 40.6. The van der Waals surface area contributed by atoms with Gasteiger partial charge >= 0.3 is 0 Å². The summed E-state index contributed by atoms with van der Waals surface area (Å²) >= 11 is 0. The van der Waals surface area contributed by atoms with Crippen LogP contribution in [0.4, 0.5) is 0 Å². The molecule has 3 heterocycles. The number of ether oxygens (including phenoxy) is 6. The Balaban J connectivity index is 1.31. The van der Waals surface area contributed by atoms with Crippen molar-refractivity contribution in [3.05, 3.63) is 24.3 Å². The van der Waals surface area contributed by atoms with E-state index in [0.717, 1.165) is 38.5 Å². The van der Waals surface area contributed by atoms with Crippen molar-refractivity contribution < 1.29 is 89.4 Å². The van der Waals surface area contributed by atoms with E-state index in [1.807, 2.05) is 6.08 Å². The van der Waals surface area contributed by atoms with Gasteiger partial charge in [0, 0.05) is 6.42 Å². The van der Waals surface area contributed by atoms with Gasteiger partial charge in [-0.3, -0.25) is 4.79 Å². The van der Waals surface area contributed by atoms with Gasteiger partial charge in [-0.05, 0) is 32.1 Å². The summed E-state index contributed by atoms with van der Waals surface area (Å²) in [6.07, 6.45) is 46.3. The fourth-order valence-electron chi connectivity index (χ4n) is 14.0. The molecule has 3 fully saturated rings. The minimum absolute atomic E-state index is 0.241. The summed E-state index contributed by atoms with van der Waals surface area (Å²) in [6.45, 7) is 1.76. The number of allylic oxidation sites excluding steroid dienone is 3. The zero-order valence-electron chi connectivity index (χ0n) is 61.8. The minimum Gasteiger partial charge on any atom is -0.394 e. The fraction of sp³-hybridized carbons (Fsp3) is 0.937. The molecule has 0 aromatic carbocycles. The summed E-state index contributed by atoms with van der Waals surface area (Å²) in [5, 5.41) is 121. The highest BCUT2D eigenvalue weighted by Crippen LogP contribution is 2.33. The standard InChI is InChI=1S/C79H149NO18/c1-3-5-7-9-11-13-15-17-19-21-22-23-24-25-26-27-28-29-30-31-32-33-34-35-36-37-38-39-40-41-43-45-47-49-51-53-55-57-67(85)80-62(63(84)56-54-52-50-48-46-44-42-20-18-16-14-12-10-8-6-4-2)61-93-77-73(91)70(88)75(65(59-82)95-77)98-79-74(92)71(89)76(66(60-83)96-79)97-78-72(90)69(87)68(86)64(58-81)94-78/h46,48,54,56,62-66,68-79,81-84,86-92H,3-45,47,49-53,55,57-61H2,1-2H3,(H,80,85)/b48-46+,56-54+. The number of hydrogen-bond acceptors (Lipinski definition) is 18. The molecule has 98 heavy (non-hydrogen) atoms. The second-order valence-corrected chi connectivity index (χ2v) is 29.2. The predicted molar refractivity (Wildman–Crippen MR) is 388 cm³/mol. The molecule has 17 unspecified atom stereocenters. The highest BCUT2D eigenvalue weighted by molar-refractivity contribution is 5.76. The van der Waals surface area contributed by atoms with Crippen molar-refractivity contribution in [3.63, 3.8) is 0 Å². The summed E-state index contributed by atoms with van der Waals surface area (Å²) in [6, 6.07) is -0.987. The molecule has 578 valence electrons. The first kappa shape index (κ1) is 90.5. The van der Waals surface area contributed by atoms with Crippen LogP contribution in [-0.2, 0) is 33.2 Å². The predicted octanol–water partition coefficient (Wildman–Crippen LogP) is 13.3. The second kappa shape index (κ2) is 60.5. The highest BCUT2D eigenvalue weighted by atomic mass is 16.8. The molecule has 0 saturated carbocycles. The quantitative estimate of drug-likeness (QED) is 0.0199. The van der Waals surface area contributed by atoms with Crippen molar-refractivity contribution >= 4 is 5.91 Å². The van der Waals surface area contributed by atoms with Crippen LogP contribution < -0.4 is 5.32 Å². The zero-order chi connectivity index (χ0) is 71.1. The van der Waals surface area contributed by atoms with Gasteiger partial charge in [0.25, 0.3) is 0 Å². The number of aliphatic hydroxyl groups excluding tert-OH is 11. The van der Waals surface area contributed by atoms with Gasteiger partial charge in [0.1, 0.15) is 73.2 Å². The molecule has 1 amide bonds. The van der Waals surface area contributed by atoms with Crippen LogP contribution in [0.3, 0.4) is 0 Å². The van der Waals surface area contributed by atoms with E-state index >= 15 is 0 Å². The minimum atomic E-state index is -1.98.